The third-order valence-corrected chi connectivity index (χ3v) is 3.38. The molecule has 0 aromatic carbocycles. The molecule has 1 fully saturated rings. The van der Waals surface area contributed by atoms with E-state index in [1.165, 1.54) is 24.2 Å². The van der Waals surface area contributed by atoms with Crippen LogP contribution in [0.25, 0.3) is 0 Å². The summed E-state index contributed by atoms with van der Waals surface area (Å²) in [5.41, 5.74) is 3.44. The molecule has 4 heteroatoms. The maximum atomic E-state index is 5.27. The van der Waals surface area contributed by atoms with Gasteiger partial charge in [0.2, 0.25) is 0 Å². The number of nitrogens with zero attached hydrogens (tertiary/aromatic N) is 2. The van der Waals surface area contributed by atoms with Crippen LogP contribution in [0, 0.1) is 19.8 Å². The van der Waals surface area contributed by atoms with Crippen molar-refractivity contribution in [2.75, 3.05) is 19.0 Å². The van der Waals surface area contributed by atoms with Crippen LogP contribution in [0.4, 0.5) is 5.69 Å². The molecule has 0 amide bonds. The van der Waals surface area contributed by atoms with Crippen molar-refractivity contribution in [3.05, 3.63) is 11.4 Å². The van der Waals surface area contributed by atoms with Crippen LogP contribution in [0.2, 0.25) is 0 Å². The zero-order valence-corrected chi connectivity index (χ0v) is 10.6. The largest absolute Gasteiger partial charge is 0.383 e. The van der Waals surface area contributed by atoms with Gasteiger partial charge in [-0.1, -0.05) is 0 Å². The average Bonchev–Trinajstić information content (AvgIpc) is 3.03. The van der Waals surface area contributed by atoms with Gasteiger partial charge in [-0.15, -0.1) is 0 Å². The molecule has 1 atom stereocenters. The van der Waals surface area contributed by atoms with Crippen LogP contribution in [0.3, 0.4) is 0 Å². The van der Waals surface area contributed by atoms with Crippen molar-refractivity contribution in [1.82, 2.24) is 9.78 Å². The Morgan fingerprint density at radius 1 is 1.50 bits per heavy atom. The SMILES string of the molecule is COCC(Nc1c(C)nn(C)c1C)C1CC1. The molecule has 0 bridgehead atoms. The van der Waals surface area contributed by atoms with E-state index in [9.17, 15) is 0 Å². The van der Waals surface area contributed by atoms with Gasteiger partial charge in [0.15, 0.2) is 0 Å². The fraction of sp³-hybridized carbons (Fsp3) is 0.750. The van der Waals surface area contributed by atoms with E-state index in [-0.39, 0.29) is 0 Å². The number of hydrogen-bond donors (Lipinski definition) is 1. The van der Waals surface area contributed by atoms with Crippen molar-refractivity contribution < 1.29 is 4.74 Å². The molecule has 1 heterocycles. The lowest BCUT2D eigenvalue weighted by atomic mass is 10.2. The predicted molar refractivity (Wildman–Crippen MR) is 64.7 cm³/mol. The van der Waals surface area contributed by atoms with Gasteiger partial charge in [0.25, 0.3) is 0 Å². The van der Waals surface area contributed by atoms with Gasteiger partial charge in [-0.3, -0.25) is 4.68 Å². The molecule has 1 N–H and O–H groups in total. The van der Waals surface area contributed by atoms with Gasteiger partial charge in [-0.05, 0) is 32.6 Å². The molecule has 1 aromatic heterocycles. The van der Waals surface area contributed by atoms with Crippen LogP contribution in [-0.4, -0.2) is 29.5 Å². The first kappa shape index (κ1) is 11.5. The molecule has 0 saturated heterocycles. The van der Waals surface area contributed by atoms with Crippen LogP contribution < -0.4 is 5.32 Å². The Morgan fingerprint density at radius 3 is 2.62 bits per heavy atom. The van der Waals surface area contributed by atoms with E-state index >= 15 is 0 Å². The van der Waals surface area contributed by atoms with Gasteiger partial charge in [-0.25, -0.2) is 0 Å². The van der Waals surface area contributed by atoms with E-state index in [0.29, 0.717) is 6.04 Å². The number of hydrogen-bond acceptors (Lipinski definition) is 3. The van der Waals surface area contributed by atoms with Crippen molar-refractivity contribution in [3.8, 4) is 0 Å². The Balaban J connectivity index is 2.11. The van der Waals surface area contributed by atoms with E-state index in [1.54, 1.807) is 7.11 Å². The predicted octanol–water partition coefficient (Wildman–Crippen LogP) is 1.87. The molecule has 1 unspecified atom stereocenters. The Bertz CT molecular complexity index is 369. The summed E-state index contributed by atoms with van der Waals surface area (Å²) in [6.07, 6.45) is 2.64. The van der Waals surface area contributed by atoms with Crippen LogP contribution in [0.5, 0.6) is 0 Å². The summed E-state index contributed by atoms with van der Waals surface area (Å²) in [5.74, 6) is 0.777. The monoisotopic (exact) mass is 223 g/mol. The summed E-state index contributed by atoms with van der Waals surface area (Å²) in [5, 5.41) is 8.01. The molecule has 2 rings (SSSR count). The number of methoxy groups -OCH3 is 1. The van der Waals surface area contributed by atoms with E-state index in [0.717, 1.165) is 18.2 Å². The minimum absolute atomic E-state index is 0.437. The maximum absolute atomic E-state index is 5.27. The highest BCUT2D eigenvalue weighted by Gasteiger charge is 2.32. The van der Waals surface area contributed by atoms with E-state index in [2.05, 4.69) is 17.3 Å². The molecular formula is C12H21N3O. The average molecular weight is 223 g/mol. The summed E-state index contributed by atoms with van der Waals surface area (Å²) in [6, 6.07) is 0.437. The van der Waals surface area contributed by atoms with Gasteiger partial charge in [0, 0.05) is 14.2 Å². The third-order valence-electron chi connectivity index (χ3n) is 3.38. The molecule has 1 saturated carbocycles. The smallest absolute Gasteiger partial charge is 0.0827 e. The summed E-state index contributed by atoms with van der Waals surface area (Å²) in [4.78, 5) is 0. The van der Waals surface area contributed by atoms with Gasteiger partial charge in [0.05, 0.1) is 29.7 Å². The Labute approximate surface area is 97.0 Å². The molecule has 90 valence electrons. The summed E-state index contributed by atoms with van der Waals surface area (Å²) in [6.45, 7) is 4.92. The second-order valence-electron chi connectivity index (χ2n) is 4.71. The molecule has 16 heavy (non-hydrogen) atoms. The lowest BCUT2D eigenvalue weighted by Gasteiger charge is -2.18. The van der Waals surface area contributed by atoms with Gasteiger partial charge in [0.1, 0.15) is 0 Å². The molecule has 1 aromatic rings. The minimum atomic E-state index is 0.437. The fourth-order valence-electron chi connectivity index (χ4n) is 2.14. The normalized spacial score (nSPS) is 17.5. The fourth-order valence-corrected chi connectivity index (χ4v) is 2.14. The van der Waals surface area contributed by atoms with Gasteiger partial charge < -0.3 is 10.1 Å². The first-order valence-electron chi connectivity index (χ1n) is 5.89. The summed E-state index contributed by atoms with van der Waals surface area (Å²) in [7, 11) is 3.75. The standard InChI is InChI=1S/C12H21N3O/c1-8-12(9(2)15(3)14-8)13-11(7-16-4)10-5-6-10/h10-11,13H,5-7H2,1-4H3. The number of nitrogens with one attached hydrogen (secondary N) is 1. The summed E-state index contributed by atoms with van der Waals surface area (Å²) < 4.78 is 7.20. The number of aryl methyl sites for hydroxylation is 2. The maximum Gasteiger partial charge on any atom is 0.0827 e. The highest BCUT2D eigenvalue weighted by molar-refractivity contribution is 5.53. The van der Waals surface area contributed by atoms with Crippen LogP contribution in [-0.2, 0) is 11.8 Å². The van der Waals surface area contributed by atoms with Crippen molar-refractivity contribution in [2.24, 2.45) is 13.0 Å². The lowest BCUT2D eigenvalue weighted by molar-refractivity contribution is 0.179. The molecule has 0 radical (unpaired) electrons. The third kappa shape index (κ3) is 2.21. The molecule has 0 aliphatic heterocycles. The minimum Gasteiger partial charge on any atom is -0.383 e. The zero-order chi connectivity index (χ0) is 11.7. The Hall–Kier alpha value is -1.03. The van der Waals surface area contributed by atoms with E-state index in [1.807, 2.05) is 18.7 Å². The molecule has 4 nitrogen and oxygen atoms in total. The molecular weight excluding hydrogens is 202 g/mol. The first-order chi connectivity index (χ1) is 7.63. The number of rotatable bonds is 5. The Kier molecular flexibility index (Phi) is 3.19. The van der Waals surface area contributed by atoms with Crippen molar-refractivity contribution in [2.45, 2.75) is 32.7 Å². The Morgan fingerprint density at radius 2 is 2.19 bits per heavy atom. The summed E-state index contributed by atoms with van der Waals surface area (Å²) >= 11 is 0. The van der Waals surface area contributed by atoms with Crippen LogP contribution in [0.1, 0.15) is 24.2 Å². The van der Waals surface area contributed by atoms with Crippen LogP contribution in [0.15, 0.2) is 0 Å². The van der Waals surface area contributed by atoms with Crippen molar-refractivity contribution in [3.63, 3.8) is 0 Å². The number of aromatic nitrogens is 2. The molecule has 1 aliphatic carbocycles. The highest BCUT2D eigenvalue weighted by Crippen LogP contribution is 2.35. The van der Waals surface area contributed by atoms with E-state index < -0.39 is 0 Å². The van der Waals surface area contributed by atoms with Crippen molar-refractivity contribution >= 4 is 5.69 Å². The highest BCUT2D eigenvalue weighted by atomic mass is 16.5. The lowest BCUT2D eigenvalue weighted by Crippen LogP contribution is -2.27. The molecule has 1 aliphatic rings. The van der Waals surface area contributed by atoms with Gasteiger partial charge >= 0.3 is 0 Å². The zero-order valence-electron chi connectivity index (χ0n) is 10.6. The van der Waals surface area contributed by atoms with E-state index in [4.69, 9.17) is 4.74 Å². The second kappa shape index (κ2) is 4.45. The van der Waals surface area contributed by atoms with Crippen molar-refractivity contribution in [1.29, 1.82) is 0 Å². The number of ether oxygens (including phenoxy) is 1. The molecule has 0 spiro atoms. The first-order valence-corrected chi connectivity index (χ1v) is 5.89. The topological polar surface area (TPSA) is 39.1 Å². The van der Waals surface area contributed by atoms with Crippen LogP contribution >= 0.6 is 0 Å². The second-order valence-corrected chi connectivity index (χ2v) is 4.71. The van der Waals surface area contributed by atoms with Gasteiger partial charge in [-0.2, -0.15) is 5.10 Å². The quantitative estimate of drug-likeness (QED) is 0.828. The number of anilines is 1.